The van der Waals surface area contributed by atoms with Crippen LogP contribution in [0.25, 0.3) is 0 Å². The Morgan fingerprint density at radius 2 is 0.364 bits per heavy atom. The van der Waals surface area contributed by atoms with Crippen LogP contribution in [-0.2, 0) is 22.4 Å². The first kappa shape index (κ1) is 42.5. The van der Waals surface area contributed by atoms with Gasteiger partial charge < -0.3 is 52.6 Å². The first-order chi connectivity index (χ1) is 5.00. The Morgan fingerprint density at radius 1 is 0.364 bits per heavy atom. The molecular weight excluding hydrogens is 253 g/mol. The monoisotopic (exact) mass is 258 g/mol. The third kappa shape index (κ3) is 6210. The zero-order valence-corrected chi connectivity index (χ0v) is 6.92. The second kappa shape index (κ2) is 7790. The van der Waals surface area contributed by atoms with Gasteiger partial charge >= 0.3 is 22.4 Å². The summed E-state index contributed by atoms with van der Waals surface area (Å²) < 4.78 is 0. The first-order valence-electron chi connectivity index (χ1n) is 0.913. The molecule has 0 atom stereocenters. The van der Waals surface area contributed by atoms with Crippen LogP contribution in [0.15, 0.2) is 0 Å². The molecule has 0 fully saturated rings. The van der Waals surface area contributed by atoms with E-state index in [4.69, 9.17) is 52.6 Å². The fourth-order valence-electron chi connectivity index (χ4n) is 0. The van der Waals surface area contributed by atoms with E-state index in [1.165, 1.54) is 0 Å². The minimum absolute atomic E-state index is 0. The summed E-state index contributed by atoms with van der Waals surface area (Å²) in [5, 5.41) is 65.0. The van der Waals surface area contributed by atoms with Gasteiger partial charge in [-0.25, -0.2) is 0 Å². The van der Waals surface area contributed by atoms with Gasteiger partial charge in [0.25, 0.3) is 0 Å². The predicted molar refractivity (Wildman–Crippen MR) is 13.1 cm³/mol. The van der Waals surface area contributed by atoms with E-state index in [2.05, 4.69) is 0 Å². The summed E-state index contributed by atoms with van der Waals surface area (Å²) >= 11 is 0. The molecule has 11 heavy (non-hydrogen) atoms. The van der Waals surface area contributed by atoms with E-state index in [9.17, 15) is 0 Å². The average Bonchev–Trinajstić information content (AvgIpc) is 2.20. The molecule has 0 aromatic carbocycles. The van der Waals surface area contributed by atoms with Crippen molar-refractivity contribution in [3.05, 3.63) is 0 Å². The van der Waals surface area contributed by atoms with Gasteiger partial charge in [-0.05, 0) is 0 Å². The molecule has 0 heterocycles. The van der Waals surface area contributed by atoms with E-state index in [0.29, 0.717) is 0 Å². The Hall–Kier alpha value is 0.340. The normalized spacial score (nSPS) is 2.73. The molecule has 10 nitrogen and oxygen atoms in total. The standard InChI is InChI=1S/Nb.5H2O2/c;5*1-2/h;5*1-2H/q+5;;;;;/p-5. The van der Waals surface area contributed by atoms with Crippen LogP contribution < -0.4 is 26.3 Å². The topological polar surface area (TPSA) is 216 Å². The molecule has 0 aliphatic carbocycles. The van der Waals surface area contributed by atoms with Crippen molar-refractivity contribution in [1.29, 1.82) is 0 Å². The van der Waals surface area contributed by atoms with Crippen molar-refractivity contribution in [2.24, 2.45) is 0 Å². The summed E-state index contributed by atoms with van der Waals surface area (Å²) in [4.78, 5) is 0. The summed E-state index contributed by atoms with van der Waals surface area (Å²) in [6.07, 6.45) is 0. The van der Waals surface area contributed by atoms with Crippen LogP contribution in [-0.4, -0.2) is 26.3 Å². The van der Waals surface area contributed by atoms with Gasteiger partial charge in [-0.2, -0.15) is 0 Å². The Morgan fingerprint density at radius 3 is 0.364 bits per heavy atom. The van der Waals surface area contributed by atoms with Gasteiger partial charge in [0, 0.05) is 0 Å². The Balaban J connectivity index is -0.00000000694. The van der Waals surface area contributed by atoms with Gasteiger partial charge in [0.05, 0.1) is 0 Å². The van der Waals surface area contributed by atoms with E-state index in [1.54, 1.807) is 0 Å². The number of hydrogen-bond donors (Lipinski definition) is 5. The summed E-state index contributed by atoms with van der Waals surface area (Å²) in [5.74, 6) is 0. The van der Waals surface area contributed by atoms with Crippen LogP contribution >= 0.6 is 0 Å². The fourth-order valence-corrected chi connectivity index (χ4v) is 0. The third-order valence-electron chi connectivity index (χ3n) is 0. The van der Waals surface area contributed by atoms with Crippen molar-refractivity contribution in [3.63, 3.8) is 0 Å². The molecular formula is H5NbO10. The van der Waals surface area contributed by atoms with Crippen molar-refractivity contribution in [2.45, 2.75) is 0 Å². The van der Waals surface area contributed by atoms with Gasteiger partial charge in [0.15, 0.2) is 0 Å². The van der Waals surface area contributed by atoms with Gasteiger partial charge in [-0.1, -0.05) is 0 Å². The van der Waals surface area contributed by atoms with Crippen LogP contribution in [0.5, 0.6) is 0 Å². The molecule has 0 saturated carbocycles. The second-order valence-electron chi connectivity index (χ2n) is 0. The van der Waals surface area contributed by atoms with Gasteiger partial charge in [-0.15, -0.1) is 0 Å². The molecule has 0 aromatic heterocycles. The minimum Gasteiger partial charge on any atom is -0.727 e. The SMILES string of the molecule is [Nb+5].[O-]O.[O-]O.[O-]O.[O-]O.[O-]O. The van der Waals surface area contributed by atoms with E-state index < -0.39 is 0 Å². The summed E-state index contributed by atoms with van der Waals surface area (Å²) in [6, 6.07) is 0. The average molecular weight is 258 g/mol. The van der Waals surface area contributed by atoms with Crippen molar-refractivity contribution in [1.82, 2.24) is 0 Å². The van der Waals surface area contributed by atoms with Crippen LogP contribution in [0.3, 0.4) is 0 Å². The number of hydrogen-bond acceptors (Lipinski definition) is 10. The molecule has 0 radical (unpaired) electrons. The molecule has 0 spiro atoms. The van der Waals surface area contributed by atoms with Crippen LogP contribution in [0.2, 0.25) is 0 Å². The predicted octanol–water partition coefficient (Wildman–Crippen LogP) is -5.90. The van der Waals surface area contributed by atoms with Crippen molar-refractivity contribution >= 4 is 0 Å². The largest absolute Gasteiger partial charge is 5.00 e. The molecule has 0 rings (SSSR count). The summed E-state index contributed by atoms with van der Waals surface area (Å²) in [5.41, 5.74) is 0. The summed E-state index contributed by atoms with van der Waals surface area (Å²) in [6.45, 7) is 0. The molecule has 0 aliphatic heterocycles. The molecule has 70 valence electrons. The molecule has 0 saturated heterocycles. The van der Waals surface area contributed by atoms with E-state index in [1.807, 2.05) is 0 Å². The van der Waals surface area contributed by atoms with Crippen LogP contribution in [0.4, 0.5) is 0 Å². The quantitative estimate of drug-likeness (QED) is 0.157. The fraction of sp³-hybridized carbons (Fsp3) is 0. The van der Waals surface area contributed by atoms with Crippen molar-refractivity contribution in [2.75, 3.05) is 0 Å². The molecule has 0 amide bonds. The maximum absolute atomic E-state index is 7.25. The minimum atomic E-state index is 0. The maximum Gasteiger partial charge on any atom is 5.00 e. The summed E-state index contributed by atoms with van der Waals surface area (Å²) in [7, 11) is 0. The molecule has 0 unspecified atom stereocenters. The van der Waals surface area contributed by atoms with Gasteiger partial charge in [-0.3, -0.25) is 0 Å². The zero-order valence-electron chi connectivity index (χ0n) is 4.72. The Kier molecular flexibility index (Phi) is 30100. The molecule has 5 N–H and O–H groups in total. The smallest absolute Gasteiger partial charge is 0.727 e. The molecule has 11 heteroatoms. The number of rotatable bonds is 0. The first-order valence-corrected chi connectivity index (χ1v) is 0.913. The van der Waals surface area contributed by atoms with E-state index in [0.717, 1.165) is 0 Å². The van der Waals surface area contributed by atoms with Gasteiger partial charge in [0.2, 0.25) is 0 Å². The van der Waals surface area contributed by atoms with Crippen molar-refractivity contribution < 1.29 is 75.0 Å². The van der Waals surface area contributed by atoms with Crippen LogP contribution in [0, 0.1) is 0 Å². The molecule has 0 bridgehead atoms. The van der Waals surface area contributed by atoms with Crippen LogP contribution in [0.1, 0.15) is 0 Å². The van der Waals surface area contributed by atoms with Gasteiger partial charge in [0.1, 0.15) is 0 Å². The maximum atomic E-state index is 7.25. The Labute approximate surface area is 75.6 Å². The molecule has 0 aromatic rings. The second-order valence-corrected chi connectivity index (χ2v) is 0. The zero-order chi connectivity index (χ0) is 10.0. The third-order valence-corrected chi connectivity index (χ3v) is 0. The Bertz CT molecular complexity index is 4.83. The molecule has 0 aliphatic rings. The van der Waals surface area contributed by atoms with E-state index in [-0.39, 0.29) is 22.4 Å². The van der Waals surface area contributed by atoms with E-state index >= 15 is 0 Å². The van der Waals surface area contributed by atoms with Crippen molar-refractivity contribution in [3.8, 4) is 0 Å².